The minimum absolute atomic E-state index is 0. The number of nitrogens with one attached hydrogen (secondary N) is 1. The van der Waals surface area contributed by atoms with Crippen LogP contribution in [0.15, 0.2) is 65.4 Å². The van der Waals surface area contributed by atoms with Gasteiger partial charge in [0, 0.05) is 29.3 Å². The normalized spacial score (nSPS) is 9.96. The summed E-state index contributed by atoms with van der Waals surface area (Å²) in [5.74, 6) is 0.733. The second-order valence-corrected chi connectivity index (χ2v) is 5.33. The van der Waals surface area contributed by atoms with E-state index in [2.05, 4.69) is 10.5 Å². The molecule has 0 bridgehead atoms. The van der Waals surface area contributed by atoms with E-state index in [1.807, 2.05) is 18.2 Å². The van der Waals surface area contributed by atoms with Crippen LogP contribution in [0.25, 0.3) is 0 Å². The van der Waals surface area contributed by atoms with Crippen LogP contribution in [0.3, 0.4) is 0 Å². The van der Waals surface area contributed by atoms with Crippen LogP contribution >= 0.6 is 0 Å². The Hall–Kier alpha value is -2.99. The lowest BCUT2D eigenvalue weighted by atomic mass is 10.0. The highest BCUT2D eigenvalue weighted by molar-refractivity contribution is 6.08. The molecule has 25 heavy (non-hydrogen) atoms. The van der Waals surface area contributed by atoms with E-state index in [1.54, 1.807) is 54.2 Å². The molecule has 3 rings (SSSR count). The average Bonchev–Trinajstić information content (AvgIpc) is 3.00. The number of pyridine rings is 1. The summed E-state index contributed by atoms with van der Waals surface area (Å²) in [5.41, 5.74) is 1.21. The number of ketones is 1. The van der Waals surface area contributed by atoms with Crippen molar-refractivity contribution in [2.24, 2.45) is 0 Å². The first-order valence-electron chi connectivity index (χ1n) is 7.44. The molecule has 0 spiro atoms. The Morgan fingerprint density at radius 2 is 1.72 bits per heavy atom. The van der Waals surface area contributed by atoms with Gasteiger partial charge in [-0.2, -0.15) is 4.57 Å². The Labute approximate surface area is 150 Å². The summed E-state index contributed by atoms with van der Waals surface area (Å²) in [6.45, 7) is 1.87. The van der Waals surface area contributed by atoms with E-state index < -0.39 is 0 Å². The molecule has 0 aliphatic heterocycles. The lowest BCUT2D eigenvalue weighted by Gasteiger charge is -2.01. The fraction of sp³-hybridized carbons (Fsp3) is 0.111. The van der Waals surface area contributed by atoms with Gasteiger partial charge in [0.25, 0.3) is 5.91 Å². The quantitative estimate of drug-likeness (QED) is 0.476. The molecule has 0 aliphatic rings. The molecular formula is C18H16ClN3O3. The van der Waals surface area contributed by atoms with Crippen molar-refractivity contribution in [3.05, 3.63) is 77.8 Å². The Morgan fingerprint density at radius 1 is 1.08 bits per heavy atom. The summed E-state index contributed by atoms with van der Waals surface area (Å²) in [6.07, 6.45) is 3.40. The number of halogens is 1. The molecule has 0 radical (unpaired) electrons. The number of nitrogens with zero attached hydrogens (tertiary/aromatic N) is 2. The van der Waals surface area contributed by atoms with Gasteiger partial charge in [-0.15, -0.1) is 0 Å². The van der Waals surface area contributed by atoms with Crippen molar-refractivity contribution < 1.29 is 31.1 Å². The predicted molar refractivity (Wildman–Crippen MR) is 86.4 cm³/mol. The van der Waals surface area contributed by atoms with Crippen molar-refractivity contribution in [1.82, 2.24) is 5.16 Å². The third kappa shape index (κ3) is 4.74. The first kappa shape index (κ1) is 18.4. The molecule has 6 nitrogen and oxygen atoms in total. The molecule has 0 unspecified atom stereocenters. The van der Waals surface area contributed by atoms with Crippen LogP contribution in [0.5, 0.6) is 0 Å². The van der Waals surface area contributed by atoms with E-state index in [0.717, 1.165) is 0 Å². The Morgan fingerprint density at radius 3 is 2.32 bits per heavy atom. The van der Waals surface area contributed by atoms with Gasteiger partial charge in [0.05, 0.1) is 0 Å². The van der Waals surface area contributed by atoms with Crippen LogP contribution in [-0.2, 0) is 11.3 Å². The van der Waals surface area contributed by atoms with Gasteiger partial charge in [0.15, 0.2) is 24.0 Å². The molecule has 1 N–H and O–H groups in total. The highest BCUT2D eigenvalue weighted by atomic mass is 35.5. The van der Waals surface area contributed by atoms with E-state index in [4.69, 9.17) is 4.52 Å². The molecule has 0 fully saturated rings. The number of aromatic nitrogens is 2. The van der Waals surface area contributed by atoms with Crippen LogP contribution in [-0.4, -0.2) is 16.8 Å². The van der Waals surface area contributed by atoms with E-state index in [1.165, 1.54) is 0 Å². The van der Waals surface area contributed by atoms with Crippen LogP contribution in [0.4, 0.5) is 5.82 Å². The van der Waals surface area contributed by atoms with Crippen molar-refractivity contribution in [3.8, 4) is 0 Å². The molecule has 0 saturated carbocycles. The van der Waals surface area contributed by atoms with E-state index in [-0.39, 0.29) is 30.6 Å². The second-order valence-electron chi connectivity index (χ2n) is 5.33. The number of rotatable bonds is 5. The maximum absolute atomic E-state index is 12.3. The number of anilines is 1. The fourth-order valence-electron chi connectivity index (χ4n) is 2.24. The van der Waals surface area contributed by atoms with Gasteiger partial charge in [-0.25, -0.2) is 0 Å². The Kier molecular flexibility index (Phi) is 6.03. The van der Waals surface area contributed by atoms with Gasteiger partial charge in [-0.3, -0.25) is 9.59 Å². The van der Waals surface area contributed by atoms with Crippen LogP contribution in [0, 0.1) is 6.92 Å². The standard InChI is InChI=1S/C18H15N3O3.ClH/c1-13-11-16(20-24-13)19-17(22)12-21-9-7-15(8-10-21)18(23)14-5-3-2-4-6-14;/h2-11H,12H2,1H3;1H. The number of carbonyl (C=O) groups excluding carboxylic acids is 2. The lowest BCUT2D eigenvalue weighted by molar-refractivity contribution is -0.684. The summed E-state index contributed by atoms with van der Waals surface area (Å²) in [5, 5.41) is 6.35. The monoisotopic (exact) mass is 357 g/mol. The minimum atomic E-state index is -0.226. The smallest absolute Gasteiger partial charge is 0.291 e. The molecule has 0 saturated heterocycles. The van der Waals surface area contributed by atoms with Gasteiger partial charge in [0.2, 0.25) is 6.54 Å². The topological polar surface area (TPSA) is 76.1 Å². The number of hydrogen-bond acceptors (Lipinski definition) is 4. The van der Waals surface area contributed by atoms with Crippen LogP contribution in [0.2, 0.25) is 0 Å². The van der Waals surface area contributed by atoms with Crippen molar-refractivity contribution in [2.75, 3.05) is 5.32 Å². The first-order valence-corrected chi connectivity index (χ1v) is 7.44. The molecule has 2 heterocycles. The van der Waals surface area contributed by atoms with Crippen LogP contribution in [0.1, 0.15) is 21.7 Å². The van der Waals surface area contributed by atoms with Gasteiger partial charge in [0.1, 0.15) is 5.76 Å². The highest BCUT2D eigenvalue weighted by Crippen LogP contribution is 2.08. The summed E-state index contributed by atoms with van der Waals surface area (Å²) in [7, 11) is 0. The molecule has 7 heteroatoms. The third-order valence-corrected chi connectivity index (χ3v) is 3.41. The molecule has 1 amide bonds. The van der Waals surface area contributed by atoms with E-state index >= 15 is 0 Å². The molecule has 1 aromatic carbocycles. The highest BCUT2D eigenvalue weighted by Gasteiger charge is 2.14. The maximum atomic E-state index is 12.3. The molecule has 0 aliphatic carbocycles. The lowest BCUT2D eigenvalue weighted by Crippen LogP contribution is -3.00. The molecule has 128 valence electrons. The summed E-state index contributed by atoms with van der Waals surface area (Å²) in [6, 6.07) is 14.1. The van der Waals surface area contributed by atoms with Gasteiger partial charge in [-0.05, 0) is 6.92 Å². The molecular weight excluding hydrogens is 342 g/mol. The van der Waals surface area contributed by atoms with Crippen molar-refractivity contribution in [1.29, 1.82) is 0 Å². The maximum Gasteiger partial charge on any atom is 0.291 e. The SMILES string of the molecule is Cc1cc(NC(=O)C[n+]2ccc(C(=O)c3ccccc3)cc2)no1.[Cl-]. The Bertz CT molecular complexity index is 861. The summed E-state index contributed by atoms with van der Waals surface area (Å²) >= 11 is 0. The summed E-state index contributed by atoms with van der Waals surface area (Å²) in [4.78, 5) is 24.3. The minimum Gasteiger partial charge on any atom is -1.00 e. The second kappa shape index (κ2) is 8.21. The largest absolute Gasteiger partial charge is 1.00 e. The molecule has 0 atom stereocenters. The number of hydrogen-bond donors (Lipinski definition) is 1. The molecule has 3 aromatic rings. The number of amides is 1. The zero-order chi connectivity index (χ0) is 16.9. The third-order valence-electron chi connectivity index (χ3n) is 3.41. The van der Waals surface area contributed by atoms with Gasteiger partial charge >= 0.3 is 0 Å². The predicted octanol–water partition coefficient (Wildman–Crippen LogP) is -0.856. The van der Waals surface area contributed by atoms with Gasteiger partial charge < -0.3 is 22.2 Å². The van der Waals surface area contributed by atoms with Crippen molar-refractivity contribution in [3.63, 3.8) is 0 Å². The number of aryl methyl sites for hydroxylation is 1. The first-order chi connectivity index (χ1) is 11.6. The zero-order valence-electron chi connectivity index (χ0n) is 13.5. The summed E-state index contributed by atoms with van der Waals surface area (Å²) < 4.78 is 6.58. The number of benzene rings is 1. The van der Waals surface area contributed by atoms with Gasteiger partial charge in [-0.1, -0.05) is 35.5 Å². The van der Waals surface area contributed by atoms with E-state index in [0.29, 0.717) is 22.7 Å². The zero-order valence-corrected chi connectivity index (χ0v) is 14.2. The van der Waals surface area contributed by atoms with E-state index in [9.17, 15) is 9.59 Å². The number of carbonyl (C=O) groups is 2. The van der Waals surface area contributed by atoms with Crippen molar-refractivity contribution >= 4 is 17.5 Å². The van der Waals surface area contributed by atoms with Crippen LogP contribution < -0.4 is 22.3 Å². The average molecular weight is 358 g/mol. The molecule has 2 aromatic heterocycles. The Balaban J connectivity index is 0.00000225. The fourth-order valence-corrected chi connectivity index (χ4v) is 2.24. The van der Waals surface area contributed by atoms with Crippen molar-refractivity contribution in [2.45, 2.75) is 13.5 Å².